The van der Waals surface area contributed by atoms with Gasteiger partial charge in [-0.2, -0.15) is 0 Å². The summed E-state index contributed by atoms with van der Waals surface area (Å²) in [5.41, 5.74) is 5.24. The number of amides is 1. The Hall–Kier alpha value is -1.10. The van der Waals surface area contributed by atoms with Gasteiger partial charge < -0.3 is 15.8 Å². The van der Waals surface area contributed by atoms with Crippen LogP contribution >= 0.6 is 0 Å². The fourth-order valence-corrected chi connectivity index (χ4v) is 2.42. The zero-order valence-corrected chi connectivity index (χ0v) is 10.9. The SMILES string of the molecule is CCOC(=O)C1CCC(NC(=O)C2(N)CC2)CC1. The first-order valence-electron chi connectivity index (χ1n) is 6.81. The van der Waals surface area contributed by atoms with Crippen molar-refractivity contribution in [1.29, 1.82) is 0 Å². The van der Waals surface area contributed by atoms with Gasteiger partial charge >= 0.3 is 5.97 Å². The van der Waals surface area contributed by atoms with E-state index in [1.165, 1.54) is 0 Å². The Bertz CT molecular complexity index is 331. The monoisotopic (exact) mass is 254 g/mol. The highest BCUT2D eigenvalue weighted by Gasteiger charge is 2.46. The third-order valence-electron chi connectivity index (χ3n) is 3.92. The summed E-state index contributed by atoms with van der Waals surface area (Å²) in [4.78, 5) is 23.4. The number of carbonyl (C=O) groups is 2. The molecule has 0 spiro atoms. The lowest BCUT2D eigenvalue weighted by Gasteiger charge is -2.28. The van der Waals surface area contributed by atoms with Crippen molar-refractivity contribution in [2.75, 3.05) is 6.61 Å². The van der Waals surface area contributed by atoms with Crippen molar-refractivity contribution in [3.63, 3.8) is 0 Å². The van der Waals surface area contributed by atoms with Crippen molar-refractivity contribution in [1.82, 2.24) is 5.32 Å². The number of nitrogens with one attached hydrogen (secondary N) is 1. The molecule has 2 fully saturated rings. The lowest BCUT2D eigenvalue weighted by molar-refractivity contribution is -0.149. The van der Waals surface area contributed by atoms with Gasteiger partial charge in [0.05, 0.1) is 18.1 Å². The van der Waals surface area contributed by atoms with Crippen LogP contribution in [-0.2, 0) is 14.3 Å². The van der Waals surface area contributed by atoms with E-state index in [0.29, 0.717) is 6.61 Å². The van der Waals surface area contributed by atoms with Crippen LogP contribution in [0.25, 0.3) is 0 Å². The molecule has 2 saturated carbocycles. The number of carbonyl (C=O) groups excluding carboxylic acids is 2. The largest absolute Gasteiger partial charge is 0.466 e. The summed E-state index contributed by atoms with van der Waals surface area (Å²) < 4.78 is 5.02. The van der Waals surface area contributed by atoms with Gasteiger partial charge in [0.25, 0.3) is 0 Å². The second-order valence-corrected chi connectivity index (χ2v) is 5.43. The maximum Gasteiger partial charge on any atom is 0.308 e. The first-order valence-corrected chi connectivity index (χ1v) is 6.81. The molecule has 0 radical (unpaired) electrons. The van der Waals surface area contributed by atoms with Crippen LogP contribution in [-0.4, -0.2) is 30.1 Å². The van der Waals surface area contributed by atoms with Crippen molar-refractivity contribution < 1.29 is 14.3 Å². The fraction of sp³-hybridized carbons (Fsp3) is 0.846. The summed E-state index contributed by atoms with van der Waals surface area (Å²) in [7, 11) is 0. The van der Waals surface area contributed by atoms with Crippen LogP contribution < -0.4 is 11.1 Å². The molecule has 0 aromatic carbocycles. The number of nitrogens with two attached hydrogens (primary N) is 1. The zero-order chi connectivity index (χ0) is 13.2. The summed E-state index contributed by atoms with van der Waals surface area (Å²) in [5, 5.41) is 3.00. The summed E-state index contributed by atoms with van der Waals surface area (Å²) in [6, 6.07) is 0.171. The zero-order valence-electron chi connectivity index (χ0n) is 10.9. The van der Waals surface area contributed by atoms with Crippen LogP contribution in [0.15, 0.2) is 0 Å². The average Bonchev–Trinajstić information content (AvgIpc) is 3.10. The van der Waals surface area contributed by atoms with E-state index in [9.17, 15) is 9.59 Å². The maximum atomic E-state index is 11.8. The first kappa shape index (κ1) is 13.3. The van der Waals surface area contributed by atoms with Gasteiger partial charge in [-0.05, 0) is 45.4 Å². The predicted molar refractivity (Wildman–Crippen MR) is 66.7 cm³/mol. The molecule has 0 saturated heterocycles. The maximum absolute atomic E-state index is 11.8. The molecule has 5 heteroatoms. The minimum Gasteiger partial charge on any atom is -0.466 e. The summed E-state index contributed by atoms with van der Waals surface area (Å²) in [5.74, 6) is -0.118. The van der Waals surface area contributed by atoms with E-state index in [-0.39, 0.29) is 23.8 Å². The second-order valence-electron chi connectivity index (χ2n) is 5.43. The van der Waals surface area contributed by atoms with Gasteiger partial charge in [-0.3, -0.25) is 9.59 Å². The predicted octanol–water partition coefficient (Wildman–Crippen LogP) is 0.716. The Labute approximate surface area is 107 Å². The molecule has 0 aliphatic heterocycles. The smallest absolute Gasteiger partial charge is 0.308 e. The van der Waals surface area contributed by atoms with Gasteiger partial charge in [-0.15, -0.1) is 0 Å². The minimum absolute atomic E-state index is 0.00543. The van der Waals surface area contributed by atoms with Crippen molar-refractivity contribution in [3.05, 3.63) is 0 Å². The molecule has 0 heterocycles. The average molecular weight is 254 g/mol. The molecule has 0 bridgehead atoms. The van der Waals surface area contributed by atoms with Crippen molar-refractivity contribution in [2.45, 2.75) is 57.0 Å². The highest BCUT2D eigenvalue weighted by molar-refractivity contribution is 5.89. The molecular weight excluding hydrogens is 232 g/mol. The van der Waals surface area contributed by atoms with E-state index in [1.807, 2.05) is 6.92 Å². The van der Waals surface area contributed by atoms with Gasteiger partial charge in [0.1, 0.15) is 0 Å². The lowest BCUT2D eigenvalue weighted by Crippen LogP contribution is -2.48. The first-order chi connectivity index (χ1) is 8.55. The quantitative estimate of drug-likeness (QED) is 0.724. The van der Waals surface area contributed by atoms with Crippen LogP contribution in [0.2, 0.25) is 0 Å². The number of hydrogen-bond donors (Lipinski definition) is 2. The molecule has 18 heavy (non-hydrogen) atoms. The van der Waals surface area contributed by atoms with E-state index in [0.717, 1.165) is 38.5 Å². The Morgan fingerprint density at radius 1 is 1.28 bits per heavy atom. The van der Waals surface area contributed by atoms with Crippen molar-refractivity contribution in [3.8, 4) is 0 Å². The molecule has 2 aliphatic rings. The van der Waals surface area contributed by atoms with Gasteiger partial charge in [-0.1, -0.05) is 0 Å². The van der Waals surface area contributed by atoms with Crippen LogP contribution in [0.4, 0.5) is 0 Å². The minimum atomic E-state index is -0.599. The molecule has 102 valence electrons. The van der Waals surface area contributed by atoms with Crippen molar-refractivity contribution >= 4 is 11.9 Å². The fourth-order valence-electron chi connectivity index (χ4n) is 2.42. The molecule has 0 aromatic rings. The number of rotatable bonds is 4. The molecule has 0 unspecified atom stereocenters. The van der Waals surface area contributed by atoms with Crippen LogP contribution in [0.5, 0.6) is 0 Å². The van der Waals surface area contributed by atoms with E-state index in [1.54, 1.807) is 0 Å². The third-order valence-corrected chi connectivity index (χ3v) is 3.92. The molecular formula is C13H22N2O3. The molecule has 5 nitrogen and oxygen atoms in total. The summed E-state index contributed by atoms with van der Waals surface area (Å²) >= 11 is 0. The molecule has 2 aliphatic carbocycles. The Morgan fingerprint density at radius 3 is 2.39 bits per heavy atom. The summed E-state index contributed by atoms with van der Waals surface area (Å²) in [6.07, 6.45) is 4.84. The van der Waals surface area contributed by atoms with E-state index >= 15 is 0 Å². The molecule has 3 N–H and O–H groups in total. The normalized spacial score (nSPS) is 29.4. The van der Waals surface area contributed by atoms with Gasteiger partial charge in [-0.25, -0.2) is 0 Å². The van der Waals surface area contributed by atoms with Crippen LogP contribution in [0.1, 0.15) is 45.4 Å². The Morgan fingerprint density at radius 2 is 1.89 bits per heavy atom. The highest BCUT2D eigenvalue weighted by atomic mass is 16.5. The summed E-state index contributed by atoms with van der Waals surface area (Å²) in [6.45, 7) is 2.26. The Kier molecular flexibility index (Phi) is 3.90. The van der Waals surface area contributed by atoms with Gasteiger partial charge in [0.2, 0.25) is 5.91 Å². The van der Waals surface area contributed by atoms with E-state index in [4.69, 9.17) is 10.5 Å². The van der Waals surface area contributed by atoms with E-state index < -0.39 is 5.54 Å². The van der Waals surface area contributed by atoms with Crippen molar-refractivity contribution in [2.24, 2.45) is 11.7 Å². The molecule has 2 rings (SSSR count). The topological polar surface area (TPSA) is 81.4 Å². The number of hydrogen-bond acceptors (Lipinski definition) is 4. The number of ether oxygens (including phenoxy) is 1. The third kappa shape index (κ3) is 3.02. The van der Waals surface area contributed by atoms with Crippen LogP contribution in [0, 0.1) is 5.92 Å². The van der Waals surface area contributed by atoms with Gasteiger partial charge in [0.15, 0.2) is 0 Å². The highest BCUT2D eigenvalue weighted by Crippen LogP contribution is 2.33. The Balaban J connectivity index is 1.73. The standard InChI is InChI=1S/C13H22N2O3/c1-2-18-11(16)9-3-5-10(6-4-9)15-12(17)13(14)7-8-13/h9-10H,2-8,14H2,1H3,(H,15,17). The van der Waals surface area contributed by atoms with Crippen LogP contribution in [0.3, 0.4) is 0 Å². The lowest BCUT2D eigenvalue weighted by atomic mass is 9.86. The number of esters is 1. The van der Waals surface area contributed by atoms with E-state index in [2.05, 4.69) is 5.32 Å². The molecule has 0 aromatic heterocycles. The molecule has 1 amide bonds. The second kappa shape index (κ2) is 5.26. The molecule has 0 atom stereocenters. The van der Waals surface area contributed by atoms with Gasteiger partial charge in [0, 0.05) is 6.04 Å².